The maximum atomic E-state index is 6.08. The van der Waals surface area contributed by atoms with Crippen molar-refractivity contribution in [2.75, 3.05) is 11.9 Å². The van der Waals surface area contributed by atoms with Gasteiger partial charge in [-0.1, -0.05) is 23.7 Å². The minimum absolute atomic E-state index is 0.124. The van der Waals surface area contributed by atoms with Gasteiger partial charge in [0.2, 0.25) is 0 Å². The number of nitrogens with zero attached hydrogens (tertiary/aromatic N) is 1. The molecule has 0 amide bonds. The summed E-state index contributed by atoms with van der Waals surface area (Å²) in [7, 11) is 0. The van der Waals surface area contributed by atoms with E-state index in [1.165, 1.54) is 0 Å². The lowest BCUT2D eigenvalue weighted by atomic mass is 10.1. The quantitative estimate of drug-likeness (QED) is 0.760. The number of ether oxygens (including phenoxy) is 1. The molecule has 0 spiro atoms. The second-order valence-corrected chi connectivity index (χ2v) is 5.63. The standard InChI is InChI=1S/C15H16BrClN2O/c1-3-20-13-6-4-11(5-7-13)10(2)19-14-8-12(16)9-18-15(14)17/h4-10,19H,3H2,1-2H3. The molecule has 20 heavy (non-hydrogen) atoms. The zero-order valence-corrected chi connectivity index (χ0v) is 13.7. The Hall–Kier alpha value is -1.26. The van der Waals surface area contributed by atoms with Crippen molar-refractivity contribution in [2.45, 2.75) is 19.9 Å². The van der Waals surface area contributed by atoms with E-state index in [0.29, 0.717) is 11.8 Å². The Morgan fingerprint density at radius 3 is 2.70 bits per heavy atom. The molecular formula is C15H16BrClN2O. The molecule has 1 heterocycles. The molecule has 0 fully saturated rings. The minimum atomic E-state index is 0.124. The van der Waals surface area contributed by atoms with Gasteiger partial charge in [0.25, 0.3) is 0 Å². The van der Waals surface area contributed by atoms with Crippen LogP contribution >= 0.6 is 27.5 Å². The summed E-state index contributed by atoms with van der Waals surface area (Å²) in [4.78, 5) is 4.10. The van der Waals surface area contributed by atoms with Crippen LogP contribution in [0, 0.1) is 0 Å². The van der Waals surface area contributed by atoms with E-state index < -0.39 is 0 Å². The van der Waals surface area contributed by atoms with Crippen molar-refractivity contribution in [3.63, 3.8) is 0 Å². The Kier molecular flexibility index (Phi) is 5.26. The maximum absolute atomic E-state index is 6.08. The Morgan fingerprint density at radius 2 is 2.05 bits per heavy atom. The second kappa shape index (κ2) is 6.95. The minimum Gasteiger partial charge on any atom is -0.494 e. The molecule has 1 atom stereocenters. The van der Waals surface area contributed by atoms with Crippen molar-refractivity contribution in [1.29, 1.82) is 0 Å². The van der Waals surface area contributed by atoms with Crippen LogP contribution in [0.3, 0.4) is 0 Å². The van der Waals surface area contributed by atoms with Crippen LogP contribution in [-0.4, -0.2) is 11.6 Å². The molecule has 0 aliphatic carbocycles. The number of halogens is 2. The first-order chi connectivity index (χ1) is 9.60. The fraction of sp³-hybridized carbons (Fsp3) is 0.267. The molecule has 0 saturated heterocycles. The number of hydrogen-bond acceptors (Lipinski definition) is 3. The summed E-state index contributed by atoms with van der Waals surface area (Å²) in [5.41, 5.74) is 1.96. The lowest BCUT2D eigenvalue weighted by molar-refractivity contribution is 0.340. The molecule has 1 unspecified atom stereocenters. The summed E-state index contributed by atoms with van der Waals surface area (Å²) in [6.45, 7) is 4.72. The predicted octanol–water partition coefficient (Wildman–Crippen LogP) is 5.07. The van der Waals surface area contributed by atoms with Crippen LogP contribution in [0.15, 0.2) is 41.0 Å². The summed E-state index contributed by atoms with van der Waals surface area (Å²) >= 11 is 9.47. The van der Waals surface area contributed by atoms with Gasteiger partial charge in [-0.2, -0.15) is 0 Å². The first-order valence-electron chi connectivity index (χ1n) is 6.40. The van der Waals surface area contributed by atoms with E-state index in [-0.39, 0.29) is 6.04 Å². The predicted molar refractivity (Wildman–Crippen MR) is 86.6 cm³/mol. The molecule has 0 aliphatic rings. The lowest BCUT2D eigenvalue weighted by Crippen LogP contribution is -2.07. The highest BCUT2D eigenvalue weighted by molar-refractivity contribution is 9.10. The number of anilines is 1. The highest BCUT2D eigenvalue weighted by Gasteiger charge is 2.09. The normalized spacial score (nSPS) is 12.0. The van der Waals surface area contributed by atoms with E-state index in [0.717, 1.165) is 21.5 Å². The van der Waals surface area contributed by atoms with Crippen LogP contribution in [0.5, 0.6) is 5.75 Å². The van der Waals surface area contributed by atoms with Crippen molar-refractivity contribution in [1.82, 2.24) is 4.98 Å². The summed E-state index contributed by atoms with van der Waals surface area (Å²) in [5.74, 6) is 0.880. The van der Waals surface area contributed by atoms with Crippen LogP contribution in [0.25, 0.3) is 0 Å². The van der Waals surface area contributed by atoms with Gasteiger partial charge in [0, 0.05) is 16.7 Å². The third-order valence-electron chi connectivity index (χ3n) is 2.87. The first kappa shape index (κ1) is 15.1. The summed E-state index contributed by atoms with van der Waals surface area (Å²) < 4.78 is 6.33. The molecule has 2 rings (SSSR count). The zero-order valence-electron chi connectivity index (χ0n) is 11.4. The fourth-order valence-electron chi connectivity index (χ4n) is 1.86. The average molecular weight is 356 g/mol. The molecule has 1 aromatic carbocycles. The Morgan fingerprint density at radius 1 is 1.35 bits per heavy atom. The molecule has 5 heteroatoms. The number of aromatic nitrogens is 1. The van der Waals surface area contributed by atoms with Crippen molar-refractivity contribution in [2.24, 2.45) is 0 Å². The van der Waals surface area contributed by atoms with Crippen molar-refractivity contribution in [3.05, 3.63) is 51.7 Å². The largest absolute Gasteiger partial charge is 0.494 e. The molecule has 0 aliphatic heterocycles. The summed E-state index contributed by atoms with van der Waals surface area (Å²) in [5, 5.41) is 3.82. The third kappa shape index (κ3) is 3.87. The molecule has 106 valence electrons. The molecule has 1 N–H and O–H groups in total. The molecule has 2 aromatic rings. The van der Waals surface area contributed by atoms with Crippen LogP contribution in [0.4, 0.5) is 5.69 Å². The van der Waals surface area contributed by atoms with Crippen LogP contribution < -0.4 is 10.1 Å². The molecule has 0 saturated carbocycles. The SMILES string of the molecule is CCOc1ccc(C(C)Nc2cc(Br)cnc2Cl)cc1. The van der Waals surface area contributed by atoms with Gasteiger partial charge in [-0.15, -0.1) is 0 Å². The van der Waals surface area contributed by atoms with Crippen molar-refractivity contribution >= 4 is 33.2 Å². The monoisotopic (exact) mass is 354 g/mol. The van der Waals surface area contributed by atoms with Gasteiger partial charge >= 0.3 is 0 Å². The fourth-order valence-corrected chi connectivity index (χ4v) is 2.35. The Labute approximate surface area is 132 Å². The third-order valence-corrected chi connectivity index (χ3v) is 3.60. The first-order valence-corrected chi connectivity index (χ1v) is 7.57. The van der Waals surface area contributed by atoms with Gasteiger partial charge in [0.15, 0.2) is 5.15 Å². The number of nitrogens with one attached hydrogen (secondary N) is 1. The smallest absolute Gasteiger partial charge is 0.152 e. The molecule has 3 nitrogen and oxygen atoms in total. The zero-order chi connectivity index (χ0) is 14.5. The van der Waals surface area contributed by atoms with Gasteiger partial charge in [-0.3, -0.25) is 0 Å². The van der Waals surface area contributed by atoms with E-state index in [1.807, 2.05) is 37.3 Å². The topological polar surface area (TPSA) is 34.1 Å². The highest BCUT2D eigenvalue weighted by atomic mass is 79.9. The van der Waals surface area contributed by atoms with E-state index >= 15 is 0 Å². The summed E-state index contributed by atoms with van der Waals surface area (Å²) in [6, 6.07) is 10.1. The molecule has 0 radical (unpaired) electrons. The number of hydrogen-bond donors (Lipinski definition) is 1. The van der Waals surface area contributed by atoms with Crippen LogP contribution in [-0.2, 0) is 0 Å². The molecule has 1 aromatic heterocycles. The van der Waals surface area contributed by atoms with E-state index in [4.69, 9.17) is 16.3 Å². The van der Waals surface area contributed by atoms with E-state index in [1.54, 1.807) is 6.20 Å². The van der Waals surface area contributed by atoms with Gasteiger partial charge in [-0.05, 0) is 53.5 Å². The van der Waals surface area contributed by atoms with Crippen molar-refractivity contribution in [3.8, 4) is 5.75 Å². The van der Waals surface area contributed by atoms with E-state index in [9.17, 15) is 0 Å². The summed E-state index contributed by atoms with van der Waals surface area (Å²) in [6.07, 6.45) is 1.68. The van der Waals surface area contributed by atoms with Gasteiger partial charge in [0.05, 0.1) is 12.3 Å². The second-order valence-electron chi connectivity index (χ2n) is 4.36. The van der Waals surface area contributed by atoms with E-state index in [2.05, 4.69) is 33.2 Å². The molecular weight excluding hydrogens is 340 g/mol. The highest BCUT2D eigenvalue weighted by Crippen LogP contribution is 2.27. The number of rotatable bonds is 5. The average Bonchev–Trinajstić information content (AvgIpc) is 2.44. The number of benzene rings is 1. The Balaban J connectivity index is 2.11. The lowest BCUT2D eigenvalue weighted by Gasteiger charge is -2.17. The van der Waals surface area contributed by atoms with Gasteiger partial charge in [0.1, 0.15) is 5.75 Å². The van der Waals surface area contributed by atoms with Gasteiger partial charge < -0.3 is 10.1 Å². The van der Waals surface area contributed by atoms with Crippen molar-refractivity contribution < 1.29 is 4.74 Å². The van der Waals surface area contributed by atoms with Crippen LogP contribution in [0.2, 0.25) is 5.15 Å². The number of pyridine rings is 1. The Bertz CT molecular complexity index is 575. The van der Waals surface area contributed by atoms with Crippen LogP contribution in [0.1, 0.15) is 25.5 Å². The van der Waals surface area contributed by atoms with Gasteiger partial charge in [-0.25, -0.2) is 4.98 Å². The maximum Gasteiger partial charge on any atom is 0.152 e. The molecule has 0 bridgehead atoms.